The molecule has 0 N–H and O–H groups in total. The van der Waals surface area contributed by atoms with Gasteiger partial charge in [0.1, 0.15) is 0 Å². The molecule has 44 heavy (non-hydrogen) atoms. The van der Waals surface area contributed by atoms with Crippen LogP contribution in [-0.4, -0.2) is 48.7 Å². The van der Waals surface area contributed by atoms with Crippen LogP contribution < -0.4 is 0 Å². The number of carbonyl (C=O) groups excluding carboxylic acids is 3. The molecule has 0 radical (unpaired) electrons. The van der Waals surface area contributed by atoms with Crippen LogP contribution >= 0.6 is 0 Å². The van der Waals surface area contributed by atoms with Crippen molar-refractivity contribution in [2.24, 2.45) is 23.7 Å². The van der Waals surface area contributed by atoms with Gasteiger partial charge in [0.15, 0.2) is 8.32 Å². The van der Waals surface area contributed by atoms with Crippen molar-refractivity contribution < 1.29 is 23.5 Å². The standard InChI is InChI=1S/C37H55NO5Si/c1-25-15-13-19-30-23-26(2)27(3)34-32(24-29-17-11-10-12-18-29)38(28(4)39)35(41)37(30,34)42-33(40)22-21-31(20-14-16-25)43-44(8,9)36(5,6)7/h10-13,17-19,23,25,27,30-32,34H,14-16,20-22,24H2,1-9H3/b19-13+/t25-,27+,30-,31+,32?,34-,37+/m0/s1. The summed E-state index contributed by atoms with van der Waals surface area (Å²) in [6.45, 7) is 19.2. The molecule has 1 fully saturated rings. The second-order valence-corrected chi connectivity index (χ2v) is 20.0. The monoisotopic (exact) mass is 621 g/mol. The van der Waals surface area contributed by atoms with Crippen LogP contribution in [0.3, 0.4) is 0 Å². The van der Waals surface area contributed by atoms with Gasteiger partial charge in [-0.15, -0.1) is 0 Å². The zero-order valence-corrected chi connectivity index (χ0v) is 29.5. The third kappa shape index (κ3) is 6.99. The van der Waals surface area contributed by atoms with Gasteiger partial charge in [0.05, 0.1) is 6.04 Å². The Bertz CT molecular complexity index is 1260. The minimum absolute atomic E-state index is 0.0375. The molecule has 2 heterocycles. The molecule has 2 aliphatic heterocycles. The number of imide groups is 1. The lowest BCUT2D eigenvalue weighted by Gasteiger charge is -2.44. The van der Waals surface area contributed by atoms with Crippen molar-refractivity contribution in [1.82, 2.24) is 4.90 Å². The van der Waals surface area contributed by atoms with E-state index in [4.69, 9.17) is 9.16 Å². The predicted molar refractivity (Wildman–Crippen MR) is 178 cm³/mol. The molecule has 6 nitrogen and oxygen atoms in total. The maximum absolute atomic E-state index is 14.6. The van der Waals surface area contributed by atoms with Crippen LogP contribution in [0.15, 0.2) is 54.1 Å². The second kappa shape index (κ2) is 13.5. The Morgan fingerprint density at radius 3 is 2.41 bits per heavy atom. The second-order valence-electron chi connectivity index (χ2n) is 15.2. The van der Waals surface area contributed by atoms with Crippen LogP contribution in [0.2, 0.25) is 18.1 Å². The SMILES string of the molecule is CC(=O)N1C(=O)[C@@]23OC(=O)CC[C@H](O[Si](C)(C)C(C)(C)C)CCC[C@@H](C)C/C=C/[C@H]2C=C(C)[C@@H](C)[C@H]3C1Cc1ccccc1. The summed E-state index contributed by atoms with van der Waals surface area (Å²) in [6, 6.07) is 9.57. The fourth-order valence-corrected chi connectivity index (χ4v) is 8.73. The van der Waals surface area contributed by atoms with Gasteiger partial charge in [-0.25, -0.2) is 0 Å². The summed E-state index contributed by atoms with van der Waals surface area (Å²) in [5.74, 6) is -1.47. The van der Waals surface area contributed by atoms with Crippen LogP contribution in [0.1, 0.15) is 92.6 Å². The number of allylic oxidation sites excluding steroid dienone is 2. The van der Waals surface area contributed by atoms with E-state index >= 15 is 0 Å². The minimum atomic E-state index is -2.06. The fourth-order valence-electron chi connectivity index (χ4n) is 7.31. The Labute approximate surface area is 266 Å². The number of nitrogens with zero attached hydrogens (tertiary/aromatic N) is 1. The molecule has 1 aromatic rings. The molecule has 0 aromatic heterocycles. The van der Waals surface area contributed by atoms with Crippen molar-refractivity contribution in [2.75, 3.05) is 0 Å². The van der Waals surface area contributed by atoms with Crippen LogP contribution in [0.5, 0.6) is 0 Å². The van der Waals surface area contributed by atoms with Gasteiger partial charge in [-0.05, 0) is 68.1 Å². The molecule has 0 bridgehead atoms. The van der Waals surface area contributed by atoms with Gasteiger partial charge in [-0.3, -0.25) is 19.3 Å². The number of rotatable bonds is 4. The highest BCUT2D eigenvalue weighted by molar-refractivity contribution is 6.74. The van der Waals surface area contributed by atoms with Gasteiger partial charge < -0.3 is 9.16 Å². The van der Waals surface area contributed by atoms with Crippen molar-refractivity contribution in [3.63, 3.8) is 0 Å². The van der Waals surface area contributed by atoms with E-state index in [9.17, 15) is 14.4 Å². The molecular weight excluding hydrogens is 566 g/mol. The molecule has 1 unspecified atom stereocenters. The van der Waals surface area contributed by atoms with Gasteiger partial charge in [0.25, 0.3) is 5.91 Å². The Morgan fingerprint density at radius 1 is 1.09 bits per heavy atom. The van der Waals surface area contributed by atoms with Crippen LogP contribution in [0.25, 0.3) is 0 Å². The van der Waals surface area contributed by atoms with Crippen LogP contribution in [-0.2, 0) is 30.0 Å². The molecular formula is C37H55NO5Si. The molecule has 2 amide bonds. The van der Waals surface area contributed by atoms with Gasteiger partial charge in [0.2, 0.25) is 11.5 Å². The molecule has 242 valence electrons. The lowest BCUT2D eigenvalue weighted by Crippen LogP contribution is -2.56. The number of ether oxygens (including phenoxy) is 1. The van der Waals surface area contributed by atoms with Gasteiger partial charge >= 0.3 is 5.97 Å². The first-order chi connectivity index (χ1) is 20.6. The Hall–Kier alpha value is -2.51. The Morgan fingerprint density at radius 2 is 1.77 bits per heavy atom. The van der Waals surface area contributed by atoms with Crippen molar-refractivity contribution in [2.45, 2.75) is 129 Å². The third-order valence-electron chi connectivity index (χ3n) is 10.9. The van der Waals surface area contributed by atoms with Crippen molar-refractivity contribution in [1.29, 1.82) is 0 Å². The Balaban J connectivity index is 1.76. The third-order valence-corrected chi connectivity index (χ3v) is 15.5. The van der Waals surface area contributed by atoms with Gasteiger partial charge in [-0.2, -0.15) is 0 Å². The number of carbonyl (C=O) groups is 3. The van der Waals surface area contributed by atoms with Crippen molar-refractivity contribution in [3.8, 4) is 0 Å². The summed E-state index contributed by atoms with van der Waals surface area (Å²) in [6.07, 6.45) is 11.4. The van der Waals surface area contributed by atoms with E-state index in [0.29, 0.717) is 18.8 Å². The zero-order valence-electron chi connectivity index (χ0n) is 28.5. The highest BCUT2D eigenvalue weighted by Gasteiger charge is 2.68. The molecule has 1 aromatic carbocycles. The first kappa shape index (κ1) is 34.4. The average Bonchev–Trinajstić information content (AvgIpc) is 3.17. The number of likely N-dealkylation sites (tertiary alicyclic amines) is 1. The van der Waals surface area contributed by atoms with E-state index in [-0.39, 0.29) is 47.2 Å². The van der Waals surface area contributed by atoms with E-state index in [1.54, 1.807) is 0 Å². The maximum atomic E-state index is 14.6. The summed E-state index contributed by atoms with van der Waals surface area (Å²) in [5, 5.41) is 0.0622. The van der Waals surface area contributed by atoms with Crippen LogP contribution in [0.4, 0.5) is 0 Å². The molecule has 7 heteroatoms. The van der Waals surface area contributed by atoms with E-state index in [1.165, 1.54) is 11.8 Å². The summed E-state index contributed by atoms with van der Waals surface area (Å²) in [4.78, 5) is 43.2. The summed E-state index contributed by atoms with van der Waals surface area (Å²) in [5.41, 5.74) is 0.733. The van der Waals surface area contributed by atoms with E-state index in [1.807, 2.05) is 30.3 Å². The molecule has 1 aliphatic carbocycles. The largest absolute Gasteiger partial charge is 0.447 e. The summed E-state index contributed by atoms with van der Waals surface area (Å²) < 4.78 is 13.4. The smallest absolute Gasteiger partial charge is 0.306 e. The summed E-state index contributed by atoms with van der Waals surface area (Å²) >= 11 is 0. The van der Waals surface area contributed by atoms with Gasteiger partial charge in [0, 0.05) is 31.3 Å². The molecule has 1 saturated heterocycles. The molecule has 1 spiro atoms. The van der Waals surface area contributed by atoms with Crippen molar-refractivity contribution in [3.05, 3.63) is 59.7 Å². The van der Waals surface area contributed by atoms with Crippen LogP contribution in [0, 0.1) is 23.7 Å². The summed E-state index contributed by atoms with van der Waals surface area (Å²) in [7, 11) is -2.06. The number of benzene rings is 1. The van der Waals surface area contributed by atoms with E-state index in [0.717, 1.165) is 36.8 Å². The number of hydrogen-bond acceptors (Lipinski definition) is 5. The Kier molecular flexibility index (Phi) is 10.5. The maximum Gasteiger partial charge on any atom is 0.306 e. The normalized spacial score (nSPS) is 33.0. The highest BCUT2D eigenvalue weighted by atomic mass is 28.4. The average molecular weight is 622 g/mol. The topological polar surface area (TPSA) is 72.9 Å². The lowest BCUT2D eigenvalue weighted by molar-refractivity contribution is -0.179. The highest BCUT2D eigenvalue weighted by Crippen LogP contribution is 2.53. The molecule has 3 aliphatic rings. The number of hydrogen-bond donors (Lipinski definition) is 0. The zero-order chi connectivity index (χ0) is 32.4. The lowest BCUT2D eigenvalue weighted by atomic mass is 9.63. The molecule has 0 saturated carbocycles. The molecule has 4 rings (SSSR count). The number of amides is 2. The molecule has 7 atom stereocenters. The number of esters is 1. The quantitative estimate of drug-likeness (QED) is 0.193. The van der Waals surface area contributed by atoms with Gasteiger partial charge in [-0.1, -0.05) is 102 Å². The van der Waals surface area contributed by atoms with Crippen molar-refractivity contribution >= 4 is 26.1 Å². The van der Waals surface area contributed by atoms with E-state index in [2.05, 4.69) is 72.9 Å². The first-order valence-corrected chi connectivity index (χ1v) is 19.6. The predicted octanol–water partition coefficient (Wildman–Crippen LogP) is 8.03. The fraction of sp³-hybridized carbons (Fsp3) is 0.649. The minimum Gasteiger partial charge on any atom is -0.447 e. The van der Waals surface area contributed by atoms with E-state index < -0.39 is 25.9 Å². The first-order valence-electron chi connectivity index (χ1n) is 16.7.